The summed E-state index contributed by atoms with van der Waals surface area (Å²) in [7, 11) is -3.52. The van der Waals surface area contributed by atoms with Gasteiger partial charge in [0.05, 0.1) is 0 Å². The van der Waals surface area contributed by atoms with Gasteiger partial charge in [0.2, 0.25) is 0 Å². The van der Waals surface area contributed by atoms with E-state index in [1.165, 1.54) is 11.3 Å². The molecule has 0 spiro atoms. The van der Waals surface area contributed by atoms with Crippen molar-refractivity contribution in [1.29, 1.82) is 0 Å². The Morgan fingerprint density at radius 3 is 2.75 bits per heavy atom. The summed E-state index contributed by atoms with van der Waals surface area (Å²) in [4.78, 5) is 4.92. The van der Waals surface area contributed by atoms with Crippen LogP contribution in [-0.4, -0.2) is 13.4 Å². The van der Waals surface area contributed by atoms with Crippen LogP contribution in [0.4, 0.5) is 5.13 Å². The van der Waals surface area contributed by atoms with Gasteiger partial charge < -0.3 is 0 Å². The zero-order valence-electron chi connectivity index (χ0n) is 8.10. The highest BCUT2D eigenvalue weighted by Crippen LogP contribution is 2.30. The number of sulfonamides is 1. The normalized spacial score (nSPS) is 11.6. The van der Waals surface area contributed by atoms with Gasteiger partial charge in [-0.05, 0) is 34.3 Å². The van der Waals surface area contributed by atoms with Crippen molar-refractivity contribution >= 4 is 53.8 Å². The molecule has 2 aromatic rings. The first-order valence-corrected chi connectivity index (χ1v) is 8.14. The summed E-state index contributed by atoms with van der Waals surface area (Å²) in [6.07, 6.45) is 1.63. The summed E-state index contributed by atoms with van der Waals surface area (Å²) in [5, 5.41) is 2.10. The third-order valence-electron chi connectivity index (χ3n) is 1.67. The quantitative estimate of drug-likeness (QED) is 0.935. The Bertz CT molecular complexity index is 602. The number of thiazole rings is 1. The predicted molar refractivity (Wildman–Crippen MR) is 69.7 cm³/mol. The van der Waals surface area contributed by atoms with Crippen LogP contribution in [-0.2, 0) is 10.0 Å². The fourth-order valence-corrected chi connectivity index (χ4v) is 5.28. The minimum absolute atomic E-state index is 0.264. The van der Waals surface area contributed by atoms with E-state index in [-0.39, 0.29) is 4.21 Å². The van der Waals surface area contributed by atoms with Crippen molar-refractivity contribution in [3.63, 3.8) is 0 Å². The lowest BCUT2D eigenvalue weighted by molar-refractivity contribution is 0.603. The highest BCUT2D eigenvalue weighted by molar-refractivity contribution is 9.10. The van der Waals surface area contributed by atoms with Crippen molar-refractivity contribution in [2.45, 2.75) is 11.1 Å². The first kappa shape index (κ1) is 12.0. The van der Waals surface area contributed by atoms with Gasteiger partial charge in [-0.2, -0.15) is 0 Å². The van der Waals surface area contributed by atoms with Crippen molar-refractivity contribution in [2.24, 2.45) is 0 Å². The van der Waals surface area contributed by atoms with Gasteiger partial charge in [0.1, 0.15) is 0 Å². The molecule has 0 aliphatic carbocycles. The Labute approximate surface area is 110 Å². The van der Waals surface area contributed by atoms with Gasteiger partial charge >= 0.3 is 0 Å². The Morgan fingerprint density at radius 2 is 2.25 bits per heavy atom. The number of hydrogen-bond donors (Lipinski definition) is 1. The lowest BCUT2D eigenvalue weighted by Crippen LogP contribution is -2.11. The number of rotatable bonds is 3. The second-order valence-corrected chi connectivity index (χ2v) is 7.82. The van der Waals surface area contributed by atoms with Crippen LogP contribution in [0.1, 0.15) is 4.88 Å². The highest BCUT2D eigenvalue weighted by atomic mass is 79.9. The van der Waals surface area contributed by atoms with Crippen molar-refractivity contribution in [2.75, 3.05) is 4.72 Å². The average Bonchev–Trinajstić information content (AvgIpc) is 2.74. The smallest absolute Gasteiger partial charge is 0.254 e. The second-order valence-electron chi connectivity index (χ2n) is 2.94. The molecule has 1 N–H and O–H groups in total. The Morgan fingerprint density at radius 1 is 1.50 bits per heavy atom. The van der Waals surface area contributed by atoms with E-state index in [4.69, 9.17) is 0 Å². The lowest BCUT2D eigenvalue weighted by atomic mass is 10.7. The minimum Gasteiger partial charge on any atom is -0.254 e. The molecule has 2 rings (SSSR count). The molecule has 0 radical (unpaired) electrons. The molecule has 8 heteroatoms. The van der Waals surface area contributed by atoms with Crippen LogP contribution in [0, 0.1) is 6.92 Å². The molecular weight excluding hydrogens is 332 g/mol. The van der Waals surface area contributed by atoms with Crippen LogP contribution in [0.25, 0.3) is 0 Å². The number of nitrogens with one attached hydrogen (secondary N) is 1. The van der Waals surface area contributed by atoms with Gasteiger partial charge in [0, 0.05) is 15.5 Å². The molecule has 0 amide bonds. The first-order valence-electron chi connectivity index (χ1n) is 4.17. The fourth-order valence-electron chi connectivity index (χ4n) is 1.03. The SMILES string of the molecule is Cc1cnc(NS(=O)(=O)c2sccc2Br)s1. The maximum Gasteiger partial charge on any atom is 0.274 e. The van der Waals surface area contributed by atoms with E-state index < -0.39 is 10.0 Å². The van der Waals surface area contributed by atoms with Gasteiger partial charge in [-0.25, -0.2) is 13.4 Å². The molecule has 0 saturated carbocycles. The van der Waals surface area contributed by atoms with Gasteiger partial charge in [-0.3, -0.25) is 4.72 Å². The summed E-state index contributed by atoms with van der Waals surface area (Å²) in [6, 6.07) is 1.70. The molecular formula is C8H7BrN2O2S3. The Balaban J connectivity index is 2.31. The maximum atomic E-state index is 11.9. The van der Waals surface area contributed by atoms with E-state index in [1.807, 2.05) is 6.92 Å². The van der Waals surface area contributed by atoms with E-state index in [0.29, 0.717) is 9.60 Å². The van der Waals surface area contributed by atoms with E-state index in [1.54, 1.807) is 17.6 Å². The monoisotopic (exact) mass is 338 g/mol. The van der Waals surface area contributed by atoms with Gasteiger partial charge in [0.25, 0.3) is 10.0 Å². The van der Waals surface area contributed by atoms with Crippen LogP contribution in [0.2, 0.25) is 0 Å². The topological polar surface area (TPSA) is 59.1 Å². The Kier molecular flexibility index (Phi) is 3.34. The highest BCUT2D eigenvalue weighted by Gasteiger charge is 2.20. The van der Waals surface area contributed by atoms with Crippen LogP contribution >= 0.6 is 38.6 Å². The number of hydrogen-bond acceptors (Lipinski definition) is 5. The molecule has 2 aromatic heterocycles. The lowest BCUT2D eigenvalue weighted by Gasteiger charge is -2.02. The van der Waals surface area contributed by atoms with Crippen molar-refractivity contribution in [3.8, 4) is 0 Å². The summed E-state index contributed by atoms with van der Waals surface area (Å²) in [6.45, 7) is 1.87. The van der Waals surface area contributed by atoms with E-state index in [2.05, 4.69) is 25.6 Å². The Hall–Kier alpha value is -0.440. The summed E-state index contributed by atoms with van der Waals surface area (Å²) >= 11 is 5.66. The molecule has 0 saturated heterocycles. The molecule has 0 unspecified atom stereocenters. The largest absolute Gasteiger partial charge is 0.274 e. The van der Waals surface area contributed by atoms with Gasteiger partial charge in [0.15, 0.2) is 9.34 Å². The summed E-state index contributed by atoms with van der Waals surface area (Å²) in [5.41, 5.74) is 0. The predicted octanol–water partition coefficient (Wildman–Crippen LogP) is 3.08. The molecule has 0 aliphatic rings. The molecule has 0 aliphatic heterocycles. The van der Waals surface area contributed by atoms with E-state index in [0.717, 1.165) is 16.2 Å². The van der Waals surface area contributed by atoms with E-state index in [9.17, 15) is 8.42 Å². The summed E-state index contributed by atoms with van der Waals surface area (Å²) in [5.74, 6) is 0. The second kappa shape index (κ2) is 4.44. The number of anilines is 1. The molecule has 0 atom stereocenters. The number of halogens is 1. The minimum atomic E-state index is -3.52. The first-order chi connectivity index (χ1) is 7.49. The van der Waals surface area contributed by atoms with Crippen LogP contribution in [0.3, 0.4) is 0 Å². The van der Waals surface area contributed by atoms with Gasteiger partial charge in [-0.1, -0.05) is 0 Å². The van der Waals surface area contributed by atoms with Crippen molar-refractivity contribution < 1.29 is 8.42 Å². The number of aromatic nitrogens is 1. The molecule has 0 bridgehead atoms. The molecule has 0 fully saturated rings. The number of thiophene rings is 1. The molecule has 86 valence electrons. The molecule has 0 aromatic carbocycles. The van der Waals surface area contributed by atoms with Crippen molar-refractivity contribution in [1.82, 2.24) is 4.98 Å². The average molecular weight is 339 g/mol. The van der Waals surface area contributed by atoms with Crippen LogP contribution in [0.15, 0.2) is 26.3 Å². The third kappa shape index (κ3) is 2.45. The molecule has 4 nitrogen and oxygen atoms in total. The zero-order chi connectivity index (χ0) is 11.8. The molecule has 2 heterocycles. The number of nitrogens with zero attached hydrogens (tertiary/aromatic N) is 1. The fraction of sp³-hybridized carbons (Fsp3) is 0.125. The van der Waals surface area contributed by atoms with Gasteiger partial charge in [-0.15, -0.1) is 22.7 Å². The molecule has 16 heavy (non-hydrogen) atoms. The van der Waals surface area contributed by atoms with Crippen LogP contribution < -0.4 is 4.72 Å². The third-order valence-corrected chi connectivity index (χ3v) is 6.64. The summed E-state index contributed by atoms with van der Waals surface area (Å²) < 4.78 is 27.1. The van der Waals surface area contributed by atoms with Crippen molar-refractivity contribution in [3.05, 3.63) is 27.0 Å². The maximum absolute atomic E-state index is 11.9. The van der Waals surface area contributed by atoms with E-state index >= 15 is 0 Å². The zero-order valence-corrected chi connectivity index (χ0v) is 12.1. The standard InChI is InChI=1S/C8H7BrN2O2S3/c1-5-4-10-8(15-5)11-16(12,13)7-6(9)2-3-14-7/h2-4H,1H3,(H,10,11). The van der Waals surface area contributed by atoms with Crippen LogP contribution in [0.5, 0.6) is 0 Å². The number of aryl methyl sites for hydroxylation is 1.